The van der Waals surface area contributed by atoms with Gasteiger partial charge in [-0.1, -0.05) is 0 Å². The molecule has 1 aliphatic heterocycles. The van der Waals surface area contributed by atoms with Gasteiger partial charge in [0.25, 0.3) is 0 Å². The van der Waals surface area contributed by atoms with Crippen molar-refractivity contribution in [1.29, 1.82) is 0 Å². The Bertz CT molecular complexity index is 1230. The lowest BCUT2D eigenvalue weighted by molar-refractivity contribution is -0.120. The number of carbonyl (C=O) groups excluding carboxylic acids is 1. The van der Waals surface area contributed by atoms with Crippen molar-refractivity contribution in [2.75, 3.05) is 23.3 Å². The second-order valence-corrected chi connectivity index (χ2v) is 7.53. The number of hydrogen-bond acceptors (Lipinski definition) is 7. The van der Waals surface area contributed by atoms with Gasteiger partial charge >= 0.3 is 0 Å². The molecule has 0 unspecified atom stereocenters. The third-order valence-corrected chi connectivity index (χ3v) is 5.40. The zero-order valence-electron chi connectivity index (χ0n) is 16.8. The Kier molecular flexibility index (Phi) is 4.77. The molecule has 1 saturated heterocycles. The van der Waals surface area contributed by atoms with E-state index in [9.17, 15) is 9.18 Å². The summed E-state index contributed by atoms with van der Waals surface area (Å²) in [5, 5.41) is 23.1. The van der Waals surface area contributed by atoms with Crippen molar-refractivity contribution in [2.45, 2.75) is 19.8 Å². The van der Waals surface area contributed by atoms with Crippen LogP contribution in [0.2, 0.25) is 0 Å². The van der Waals surface area contributed by atoms with E-state index in [1.54, 1.807) is 16.8 Å². The molecule has 0 spiro atoms. The smallest absolute Gasteiger partial charge is 0.228 e. The first-order chi connectivity index (χ1) is 15.1. The summed E-state index contributed by atoms with van der Waals surface area (Å²) in [6, 6.07) is 11.5. The number of hydrogen-bond donors (Lipinski definition) is 1. The summed E-state index contributed by atoms with van der Waals surface area (Å²) in [6.45, 7) is 3.26. The Morgan fingerprint density at radius 2 is 1.87 bits per heavy atom. The molecular formula is C20H20FN9O. The lowest BCUT2D eigenvalue weighted by Crippen LogP contribution is -2.39. The minimum absolute atomic E-state index is 0.0493. The molecule has 1 aliphatic rings. The molecule has 10 nitrogen and oxygen atoms in total. The van der Waals surface area contributed by atoms with E-state index in [0.29, 0.717) is 43.1 Å². The Morgan fingerprint density at radius 3 is 2.65 bits per heavy atom. The van der Waals surface area contributed by atoms with Crippen molar-refractivity contribution in [3.8, 4) is 5.69 Å². The Morgan fingerprint density at radius 1 is 1.10 bits per heavy atom. The number of piperidine rings is 1. The fraction of sp³-hybridized carbons (Fsp3) is 0.300. The van der Waals surface area contributed by atoms with Gasteiger partial charge in [-0.25, -0.2) is 9.07 Å². The van der Waals surface area contributed by atoms with Crippen molar-refractivity contribution < 1.29 is 9.18 Å². The maximum Gasteiger partial charge on any atom is 0.228 e. The molecule has 1 amide bonds. The molecule has 0 atom stereocenters. The molecule has 0 aliphatic carbocycles. The lowest BCUT2D eigenvalue weighted by Gasteiger charge is -2.31. The van der Waals surface area contributed by atoms with Gasteiger partial charge in [0.15, 0.2) is 11.5 Å². The maximum atomic E-state index is 13.3. The van der Waals surface area contributed by atoms with E-state index in [-0.39, 0.29) is 17.6 Å². The predicted octanol–water partition coefficient (Wildman–Crippen LogP) is 2.01. The third-order valence-electron chi connectivity index (χ3n) is 5.40. The van der Waals surface area contributed by atoms with E-state index in [1.165, 1.54) is 16.8 Å². The Labute approximate surface area is 176 Å². The van der Waals surface area contributed by atoms with Gasteiger partial charge in [-0.3, -0.25) is 4.79 Å². The van der Waals surface area contributed by atoms with E-state index in [4.69, 9.17) is 0 Å². The zero-order valence-corrected chi connectivity index (χ0v) is 16.8. The SMILES string of the molecule is Cc1cc(NC(=O)C2CCN(c3ccc4nnnn4n3)CC2)n(-c2ccc(F)cc2)n1. The zero-order chi connectivity index (χ0) is 21.4. The number of amides is 1. The largest absolute Gasteiger partial charge is 0.355 e. The first-order valence-corrected chi connectivity index (χ1v) is 10.0. The van der Waals surface area contributed by atoms with E-state index in [1.807, 2.05) is 25.1 Å². The number of benzene rings is 1. The molecule has 1 N–H and O–H groups in total. The number of carbonyl (C=O) groups is 1. The minimum Gasteiger partial charge on any atom is -0.355 e. The predicted molar refractivity (Wildman–Crippen MR) is 110 cm³/mol. The van der Waals surface area contributed by atoms with Crippen LogP contribution in [0.5, 0.6) is 0 Å². The molecule has 1 aromatic carbocycles. The lowest BCUT2D eigenvalue weighted by atomic mass is 9.96. The number of nitrogens with one attached hydrogen (secondary N) is 1. The van der Waals surface area contributed by atoms with Crippen LogP contribution in [0.25, 0.3) is 11.3 Å². The highest BCUT2D eigenvalue weighted by Gasteiger charge is 2.27. The van der Waals surface area contributed by atoms with Crippen LogP contribution in [-0.4, -0.2) is 54.0 Å². The molecule has 0 bridgehead atoms. The highest BCUT2D eigenvalue weighted by atomic mass is 19.1. The van der Waals surface area contributed by atoms with E-state index < -0.39 is 0 Å². The molecule has 3 aromatic heterocycles. The summed E-state index contributed by atoms with van der Waals surface area (Å²) >= 11 is 0. The maximum absolute atomic E-state index is 13.3. The van der Waals surface area contributed by atoms with E-state index in [2.05, 4.69) is 35.9 Å². The van der Waals surface area contributed by atoms with Crippen LogP contribution in [0, 0.1) is 18.7 Å². The van der Waals surface area contributed by atoms with Crippen LogP contribution >= 0.6 is 0 Å². The van der Waals surface area contributed by atoms with Gasteiger partial charge in [0, 0.05) is 25.1 Å². The van der Waals surface area contributed by atoms with Crippen LogP contribution in [-0.2, 0) is 4.79 Å². The molecule has 0 radical (unpaired) electrons. The number of anilines is 2. The number of aryl methyl sites for hydroxylation is 1. The monoisotopic (exact) mass is 421 g/mol. The molecule has 1 fully saturated rings. The van der Waals surface area contributed by atoms with Crippen molar-refractivity contribution in [1.82, 2.24) is 35.0 Å². The van der Waals surface area contributed by atoms with Crippen molar-refractivity contribution >= 4 is 23.2 Å². The normalized spacial score (nSPS) is 14.8. The van der Waals surface area contributed by atoms with Gasteiger partial charge in [-0.15, -0.1) is 14.8 Å². The fourth-order valence-electron chi connectivity index (χ4n) is 3.78. The molecule has 158 valence electrons. The van der Waals surface area contributed by atoms with Gasteiger partial charge in [0.2, 0.25) is 5.91 Å². The molecule has 4 aromatic rings. The van der Waals surface area contributed by atoms with Crippen molar-refractivity contribution in [3.63, 3.8) is 0 Å². The van der Waals surface area contributed by atoms with Crippen LogP contribution in [0.15, 0.2) is 42.5 Å². The Hall–Kier alpha value is -3.89. The average Bonchev–Trinajstić information content (AvgIpc) is 3.40. The summed E-state index contributed by atoms with van der Waals surface area (Å²) in [4.78, 5) is 15.0. The summed E-state index contributed by atoms with van der Waals surface area (Å²) in [5.74, 6) is 0.862. The summed E-state index contributed by atoms with van der Waals surface area (Å²) in [5.41, 5.74) is 2.04. The highest BCUT2D eigenvalue weighted by Crippen LogP contribution is 2.24. The molecule has 31 heavy (non-hydrogen) atoms. The summed E-state index contributed by atoms with van der Waals surface area (Å²) < 4.78 is 16.3. The fourth-order valence-corrected chi connectivity index (χ4v) is 3.78. The van der Waals surface area contributed by atoms with Crippen molar-refractivity contribution in [3.05, 3.63) is 54.0 Å². The number of fused-ring (bicyclic) bond motifs is 1. The minimum atomic E-state index is -0.321. The van der Waals surface area contributed by atoms with E-state index in [0.717, 1.165) is 11.5 Å². The van der Waals surface area contributed by atoms with Crippen LogP contribution in [0.4, 0.5) is 16.0 Å². The van der Waals surface area contributed by atoms with Gasteiger partial charge in [0.05, 0.1) is 11.4 Å². The summed E-state index contributed by atoms with van der Waals surface area (Å²) in [6.07, 6.45) is 1.40. The number of nitrogens with zero attached hydrogens (tertiary/aromatic N) is 8. The first-order valence-electron chi connectivity index (χ1n) is 10.0. The summed E-state index contributed by atoms with van der Waals surface area (Å²) in [7, 11) is 0. The Balaban J connectivity index is 1.25. The van der Waals surface area contributed by atoms with Crippen LogP contribution in [0.3, 0.4) is 0 Å². The van der Waals surface area contributed by atoms with Gasteiger partial charge < -0.3 is 10.2 Å². The topological polar surface area (TPSA) is 106 Å². The number of halogens is 1. The number of rotatable bonds is 4. The van der Waals surface area contributed by atoms with Gasteiger partial charge in [0.1, 0.15) is 11.6 Å². The highest BCUT2D eigenvalue weighted by molar-refractivity contribution is 5.92. The molecule has 11 heteroatoms. The number of aromatic nitrogens is 7. The van der Waals surface area contributed by atoms with Gasteiger partial charge in [-0.05, 0) is 66.6 Å². The average molecular weight is 421 g/mol. The molecule has 0 saturated carbocycles. The first kappa shape index (κ1) is 19.1. The number of tetrazole rings is 1. The van der Waals surface area contributed by atoms with E-state index >= 15 is 0 Å². The molecule has 4 heterocycles. The standard InChI is InChI=1S/C20H20FN9O/c1-13-12-19(29(24-13)16-4-2-15(21)3-5-16)22-20(31)14-8-10-28(11-9-14)18-7-6-17-23-26-27-30(17)25-18/h2-7,12,14H,8-11H2,1H3,(H,22,31). The quantitative estimate of drug-likeness (QED) is 0.537. The third kappa shape index (κ3) is 3.81. The second kappa shape index (κ2) is 7.74. The molecular weight excluding hydrogens is 401 g/mol. The second-order valence-electron chi connectivity index (χ2n) is 7.53. The van der Waals surface area contributed by atoms with Crippen molar-refractivity contribution in [2.24, 2.45) is 5.92 Å². The van der Waals surface area contributed by atoms with Crippen LogP contribution < -0.4 is 10.2 Å². The van der Waals surface area contributed by atoms with Gasteiger partial charge in [-0.2, -0.15) is 5.10 Å². The van der Waals surface area contributed by atoms with Crippen LogP contribution in [0.1, 0.15) is 18.5 Å². The molecule has 5 rings (SSSR count).